The van der Waals surface area contributed by atoms with Gasteiger partial charge in [-0.1, -0.05) is 53.0 Å². The summed E-state index contributed by atoms with van der Waals surface area (Å²) in [7, 11) is 0. The fourth-order valence-corrected chi connectivity index (χ4v) is 2.72. The van der Waals surface area contributed by atoms with Crippen LogP contribution in [-0.4, -0.2) is 12.2 Å². The molecule has 0 bridgehead atoms. The first-order chi connectivity index (χ1) is 10.8. The minimum Gasteiger partial charge on any atom is -0.426 e. The van der Waals surface area contributed by atoms with Crippen molar-refractivity contribution in [2.75, 3.05) is 0 Å². The number of aliphatic imine (C=N–C) groups is 1. The van der Waals surface area contributed by atoms with Crippen LogP contribution in [0.25, 0.3) is 0 Å². The van der Waals surface area contributed by atoms with E-state index >= 15 is 0 Å². The van der Waals surface area contributed by atoms with E-state index in [1.807, 2.05) is 6.07 Å². The summed E-state index contributed by atoms with van der Waals surface area (Å²) < 4.78 is 6.10. The lowest BCUT2D eigenvalue weighted by Gasteiger charge is -2.08. The molecule has 0 amide bonds. The maximum absolute atomic E-state index is 11.7. The SMILES string of the molecule is CC(C)C(=O)Oc1cc(Br)cc(C=Nc2cc(Cl)cc(Cl)c2)c1. The number of esters is 1. The van der Waals surface area contributed by atoms with Crippen molar-refractivity contribution in [1.82, 2.24) is 0 Å². The van der Waals surface area contributed by atoms with Crippen LogP contribution in [0.15, 0.2) is 45.9 Å². The first kappa shape index (κ1) is 18.0. The topological polar surface area (TPSA) is 38.7 Å². The van der Waals surface area contributed by atoms with Crippen LogP contribution in [0.4, 0.5) is 5.69 Å². The number of halogens is 3. The van der Waals surface area contributed by atoms with Gasteiger partial charge in [0.25, 0.3) is 0 Å². The van der Waals surface area contributed by atoms with E-state index in [4.69, 9.17) is 27.9 Å². The lowest BCUT2D eigenvalue weighted by atomic mass is 10.2. The second kappa shape index (κ2) is 7.95. The van der Waals surface area contributed by atoms with Gasteiger partial charge in [0.05, 0.1) is 11.6 Å². The molecule has 0 aromatic heterocycles. The van der Waals surface area contributed by atoms with Gasteiger partial charge in [0.15, 0.2) is 0 Å². The number of nitrogens with zero attached hydrogens (tertiary/aromatic N) is 1. The summed E-state index contributed by atoms with van der Waals surface area (Å²) in [5.74, 6) is -0.0176. The van der Waals surface area contributed by atoms with Crippen molar-refractivity contribution in [3.8, 4) is 5.75 Å². The van der Waals surface area contributed by atoms with Crippen LogP contribution in [0.3, 0.4) is 0 Å². The number of ether oxygens (including phenoxy) is 1. The molecule has 120 valence electrons. The monoisotopic (exact) mass is 413 g/mol. The Kier molecular flexibility index (Phi) is 6.22. The van der Waals surface area contributed by atoms with Crippen LogP contribution in [0.2, 0.25) is 10.0 Å². The third-order valence-corrected chi connectivity index (χ3v) is 3.69. The zero-order chi connectivity index (χ0) is 17.0. The molecule has 2 aromatic rings. The molecule has 0 saturated heterocycles. The third-order valence-electron chi connectivity index (χ3n) is 2.79. The third kappa shape index (κ3) is 5.65. The second-order valence-corrected chi connectivity index (χ2v) is 6.97. The van der Waals surface area contributed by atoms with Gasteiger partial charge >= 0.3 is 5.97 Å². The van der Waals surface area contributed by atoms with Gasteiger partial charge in [0.1, 0.15) is 5.75 Å². The van der Waals surface area contributed by atoms with Crippen LogP contribution in [-0.2, 0) is 4.79 Å². The molecular weight excluding hydrogens is 401 g/mol. The molecule has 0 saturated carbocycles. The Morgan fingerprint density at radius 2 is 1.78 bits per heavy atom. The molecule has 0 atom stereocenters. The van der Waals surface area contributed by atoms with Crippen LogP contribution in [0, 0.1) is 5.92 Å². The lowest BCUT2D eigenvalue weighted by Crippen LogP contribution is -2.14. The quantitative estimate of drug-likeness (QED) is 0.346. The van der Waals surface area contributed by atoms with Crippen molar-refractivity contribution < 1.29 is 9.53 Å². The Morgan fingerprint density at radius 1 is 1.13 bits per heavy atom. The largest absolute Gasteiger partial charge is 0.426 e. The molecule has 2 rings (SSSR count). The summed E-state index contributed by atoms with van der Waals surface area (Å²) in [5.41, 5.74) is 1.42. The minimum absolute atomic E-state index is 0.195. The van der Waals surface area contributed by atoms with E-state index in [2.05, 4.69) is 20.9 Å². The van der Waals surface area contributed by atoms with Gasteiger partial charge in [0.2, 0.25) is 0 Å². The molecule has 0 aliphatic heterocycles. The summed E-state index contributed by atoms with van der Waals surface area (Å²) in [6.07, 6.45) is 1.65. The predicted octanol–water partition coefficient (Wildman–Crippen LogP) is 6.07. The van der Waals surface area contributed by atoms with Crippen LogP contribution in [0.1, 0.15) is 19.4 Å². The van der Waals surface area contributed by atoms with Crippen molar-refractivity contribution in [3.63, 3.8) is 0 Å². The molecule has 0 unspecified atom stereocenters. The smallest absolute Gasteiger partial charge is 0.313 e. The van der Waals surface area contributed by atoms with E-state index in [1.165, 1.54) is 0 Å². The van der Waals surface area contributed by atoms with E-state index in [9.17, 15) is 4.79 Å². The fraction of sp³-hybridized carbons (Fsp3) is 0.176. The summed E-state index contributed by atoms with van der Waals surface area (Å²) in [6, 6.07) is 10.4. The molecule has 3 nitrogen and oxygen atoms in total. The molecule has 23 heavy (non-hydrogen) atoms. The maximum Gasteiger partial charge on any atom is 0.313 e. The molecule has 0 radical (unpaired) electrons. The molecule has 0 aliphatic rings. The predicted molar refractivity (Wildman–Crippen MR) is 98.3 cm³/mol. The minimum atomic E-state index is -0.285. The first-order valence-corrected chi connectivity index (χ1v) is 8.41. The summed E-state index contributed by atoms with van der Waals surface area (Å²) in [6.45, 7) is 3.57. The molecular formula is C17H14BrCl2NO2. The number of carbonyl (C=O) groups excluding carboxylic acids is 1. The van der Waals surface area contributed by atoms with Gasteiger partial charge in [-0.05, 0) is 42.0 Å². The molecule has 0 N–H and O–H groups in total. The molecule has 0 heterocycles. The van der Waals surface area contributed by atoms with Crippen molar-refractivity contribution >= 4 is 57.0 Å². The second-order valence-electron chi connectivity index (χ2n) is 5.18. The van der Waals surface area contributed by atoms with E-state index in [0.29, 0.717) is 21.5 Å². The number of rotatable bonds is 4. The average Bonchev–Trinajstić information content (AvgIpc) is 2.43. The summed E-state index contributed by atoms with van der Waals surface area (Å²) in [5, 5.41) is 1.04. The van der Waals surface area contributed by atoms with Gasteiger partial charge < -0.3 is 4.74 Å². The summed E-state index contributed by atoms with van der Waals surface area (Å²) in [4.78, 5) is 16.0. The van der Waals surface area contributed by atoms with Gasteiger partial charge in [-0.2, -0.15) is 0 Å². The average molecular weight is 415 g/mol. The first-order valence-electron chi connectivity index (χ1n) is 6.86. The van der Waals surface area contributed by atoms with Crippen LogP contribution < -0.4 is 4.74 Å². The van der Waals surface area contributed by atoms with Crippen LogP contribution >= 0.6 is 39.1 Å². The van der Waals surface area contributed by atoms with Gasteiger partial charge in [-0.3, -0.25) is 9.79 Å². The van der Waals surface area contributed by atoms with Crippen molar-refractivity contribution in [2.45, 2.75) is 13.8 Å². The van der Waals surface area contributed by atoms with Crippen molar-refractivity contribution in [3.05, 3.63) is 56.5 Å². The number of hydrogen-bond acceptors (Lipinski definition) is 3. The summed E-state index contributed by atoms with van der Waals surface area (Å²) >= 11 is 15.3. The zero-order valence-electron chi connectivity index (χ0n) is 12.5. The highest BCUT2D eigenvalue weighted by molar-refractivity contribution is 9.10. The molecule has 0 spiro atoms. The van der Waals surface area contributed by atoms with Crippen molar-refractivity contribution in [1.29, 1.82) is 0 Å². The lowest BCUT2D eigenvalue weighted by molar-refractivity contribution is -0.137. The van der Waals surface area contributed by atoms with E-state index in [-0.39, 0.29) is 11.9 Å². The Labute approximate surface area is 153 Å². The highest BCUT2D eigenvalue weighted by atomic mass is 79.9. The Morgan fingerprint density at radius 3 is 2.39 bits per heavy atom. The molecule has 0 aliphatic carbocycles. The highest BCUT2D eigenvalue weighted by Gasteiger charge is 2.10. The Hall–Kier alpha value is -1.36. The molecule has 0 fully saturated rings. The Bertz CT molecular complexity index is 740. The number of hydrogen-bond donors (Lipinski definition) is 0. The molecule has 2 aromatic carbocycles. The van der Waals surface area contributed by atoms with Crippen LogP contribution in [0.5, 0.6) is 5.75 Å². The van der Waals surface area contributed by atoms with Gasteiger partial charge in [-0.25, -0.2) is 0 Å². The standard InChI is InChI=1S/C17H14BrCl2NO2/c1-10(2)17(22)23-16-4-11(3-12(18)5-16)9-21-15-7-13(19)6-14(20)8-15/h3-10H,1-2H3. The van der Waals surface area contributed by atoms with E-state index in [0.717, 1.165) is 10.0 Å². The maximum atomic E-state index is 11.7. The van der Waals surface area contributed by atoms with Gasteiger partial charge in [-0.15, -0.1) is 0 Å². The number of benzene rings is 2. The number of carbonyl (C=O) groups is 1. The van der Waals surface area contributed by atoms with E-state index in [1.54, 1.807) is 50.4 Å². The highest BCUT2D eigenvalue weighted by Crippen LogP contribution is 2.25. The fourth-order valence-electron chi connectivity index (χ4n) is 1.71. The van der Waals surface area contributed by atoms with Gasteiger partial charge in [0, 0.05) is 20.7 Å². The Balaban J connectivity index is 2.24. The normalized spacial score (nSPS) is 11.2. The zero-order valence-corrected chi connectivity index (χ0v) is 15.6. The van der Waals surface area contributed by atoms with E-state index < -0.39 is 0 Å². The van der Waals surface area contributed by atoms with Crippen molar-refractivity contribution in [2.24, 2.45) is 10.9 Å². The molecule has 6 heteroatoms.